The molecule has 5 heterocycles. The van der Waals surface area contributed by atoms with Gasteiger partial charge in [-0.3, -0.25) is 9.78 Å². The van der Waals surface area contributed by atoms with Crippen LogP contribution < -0.4 is 15.5 Å². The number of carbonyl (C=O) groups is 1. The predicted molar refractivity (Wildman–Crippen MR) is 103 cm³/mol. The van der Waals surface area contributed by atoms with Crippen molar-refractivity contribution in [3.05, 3.63) is 35.8 Å². The third kappa shape index (κ3) is 2.96. The number of aromatic nitrogens is 3. The number of piperidine rings is 1. The maximum absolute atomic E-state index is 12.5. The average Bonchev–Trinajstić information content (AvgIpc) is 3.16. The lowest BCUT2D eigenvalue weighted by molar-refractivity contribution is 0.0940. The SMILES string of the molecule is O=C1NCCc2c1nc(-c1cccnc1)nc2N1CCCC2(CCNC2)C1. The van der Waals surface area contributed by atoms with Crippen molar-refractivity contribution in [2.24, 2.45) is 5.41 Å². The van der Waals surface area contributed by atoms with Crippen molar-refractivity contribution < 1.29 is 4.79 Å². The molecule has 2 fully saturated rings. The van der Waals surface area contributed by atoms with E-state index in [9.17, 15) is 4.79 Å². The maximum Gasteiger partial charge on any atom is 0.270 e. The number of hydrogen-bond acceptors (Lipinski definition) is 6. The van der Waals surface area contributed by atoms with Gasteiger partial charge in [0.2, 0.25) is 0 Å². The van der Waals surface area contributed by atoms with E-state index in [0.717, 1.165) is 56.0 Å². The van der Waals surface area contributed by atoms with Crippen LogP contribution in [0.15, 0.2) is 24.5 Å². The molecule has 2 saturated heterocycles. The first-order valence-electron chi connectivity index (χ1n) is 9.79. The highest BCUT2D eigenvalue weighted by atomic mass is 16.1. The highest BCUT2D eigenvalue weighted by Crippen LogP contribution is 2.38. The fourth-order valence-corrected chi connectivity index (χ4v) is 4.69. The molecule has 0 saturated carbocycles. The molecule has 1 spiro atoms. The molecule has 1 atom stereocenters. The molecule has 2 aromatic rings. The number of nitrogens with zero attached hydrogens (tertiary/aromatic N) is 4. The van der Waals surface area contributed by atoms with E-state index in [0.29, 0.717) is 23.5 Å². The summed E-state index contributed by atoms with van der Waals surface area (Å²) in [7, 11) is 0. The standard InChI is InChI=1S/C20H24N6O/c27-19-16-15(4-8-23-19)18(25-17(24-16)14-3-1-7-21-11-14)26-10-2-5-20(13-26)6-9-22-12-20/h1,3,7,11,22H,2,4-6,8-10,12-13H2,(H,23,27). The van der Waals surface area contributed by atoms with Crippen molar-refractivity contribution in [2.75, 3.05) is 37.6 Å². The van der Waals surface area contributed by atoms with Crippen LogP contribution in [-0.4, -0.2) is 53.6 Å². The summed E-state index contributed by atoms with van der Waals surface area (Å²) in [6.45, 7) is 4.80. The normalized spacial score (nSPS) is 24.7. The van der Waals surface area contributed by atoms with Gasteiger partial charge in [-0.25, -0.2) is 9.97 Å². The Morgan fingerprint density at radius 3 is 2.96 bits per heavy atom. The molecule has 0 aliphatic carbocycles. The van der Waals surface area contributed by atoms with Gasteiger partial charge in [-0.15, -0.1) is 0 Å². The van der Waals surface area contributed by atoms with E-state index >= 15 is 0 Å². The molecule has 0 radical (unpaired) electrons. The Bertz CT molecular complexity index is 862. The second-order valence-corrected chi connectivity index (χ2v) is 7.90. The van der Waals surface area contributed by atoms with E-state index in [1.165, 1.54) is 12.8 Å². The summed E-state index contributed by atoms with van der Waals surface area (Å²) in [5.74, 6) is 1.43. The number of pyridine rings is 1. The zero-order chi connectivity index (χ0) is 18.3. The molecule has 0 aromatic carbocycles. The number of fused-ring (bicyclic) bond motifs is 1. The molecule has 2 aromatic heterocycles. The van der Waals surface area contributed by atoms with Gasteiger partial charge >= 0.3 is 0 Å². The summed E-state index contributed by atoms with van der Waals surface area (Å²) in [5.41, 5.74) is 2.69. The minimum atomic E-state index is -0.0979. The minimum Gasteiger partial charge on any atom is -0.356 e. The Labute approximate surface area is 158 Å². The summed E-state index contributed by atoms with van der Waals surface area (Å²) in [6.07, 6.45) is 7.91. The number of carbonyl (C=O) groups excluding carboxylic acids is 1. The molecule has 3 aliphatic heterocycles. The van der Waals surface area contributed by atoms with Crippen LogP contribution in [0.25, 0.3) is 11.4 Å². The number of amides is 1. The second-order valence-electron chi connectivity index (χ2n) is 7.90. The van der Waals surface area contributed by atoms with Gasteiger partial charge in [0.1, 0.15) is 11.5 Å². The van der Waals surface area contributed by atoms with E-state index in [2.05, 4.69) is 25.5 Å². The Morgan fingerprint density at radius 2 is 2.15 bits per heavy atom. The highest BCUT2D eigenvalue weighted by molar-refractivity contribution is 5.96. The summed E-state index contributed by atoms with van der Waals surface area (Å²) < 4.78 is 0. The van der Waals surface area contributed by atoms with Gasteiger partial charge in [0.05, 0.1) is 0 Å². The van der Waals surface area contributed by atoms with Crippen LogP contribution in [-0.2, 0) is 6.42 Å². The summed E-state index contributed by atoms with van der Waals surface area (Å²) >= 11 is 0. The van der Waals surface area contributed by atoms with Crippen LogP contribution in [0.5, 0.6) is 0 Å². The van der Waals surface area contributed by atoms with Crippen LogP contribution >= 0.6 is 0 Å². The van der Waals surface area contributed by atoms with Gasteiger partial charge in [0.15, 0.2) is 5.82 Å². The van der Waals surface area contributed by atoms with E-state index in [-0.39, 0.29) is 5.91 Å². The average molecular weight is 364 g/mol. The first kappa shape index (κ1) is 16.6. The van der Waals surface area contributed by atoms with Crippen molar-refractivity contribution in [1.82, 2.24) is 25.6 Å². The predicted octanol–water partition coefficient (Wildman–Crippen LogP) is 1.40. The molecule has 2 N–H and O–H groups in total. The highest BCUT2D eigenvalue weighted by Gasteiger charge is 2.39. The summed E-state index contributed by atoms with van der Waals surface area (Å²) in [6, 6.07) is 3.82. The van der Waals surface area contributed by atoms with Gasteiger partial charge in [-0.05, 0) is 44.4 Å². The molecule has 5 rings (SSSR count). The molecular formula is C20H24N6O. The van der Waals surface area contributed by atoms with Gasteiger partial charge < -0.3 is 15.5 Å². The fraction of sp³-hybridized carbons (Fsp3) is 0.500. The van der Waals surface area contributed by atoms with Gasteiger partial charge in [0.25, 0.3) is 5.91 Å². The molecule has 7 heteroatoms. The number of hydrogen-bond donors (Lipinski definition) is 2. The zero-order valence-corrected chi connectivity index (χ0v) is 15.4. The van der Waals surface area contributed by atoms with Crippen LogP contribution in [0.1, 0.15) is 35.3 Å². The van der Waals surface area contributed by atoms with E-state index in [1.54, 1.807) is 12.4 Å². The quantitative estimate of drug-likeness (QED) is 0.838. The molecule has 1 unspecified atom stereocenters. The second kappa shape index (κ2) is 6.56. The fourth-order valence-electron chi connectivity index (χ4n) is 4.69. The number of anilines is 1. The molecule has 140 valence electrons. The molecule has 0 bridgehead atoms. The largest absolute Gasteiger partial charge is 0.356 e. The Hall–Kier alpha value is -2.54. The van der Waals surface area contributed by atoms with Crippen molar-refractivity contribution in [3.63, 3.8) is 0 Å². The Balaban J connectivity index is 1.60. The molecule has 7 nitrogen and oxygen atoms in total. The third-order valence-corrected chi connectivity index (χ3v) is 6.07. The minimum absolute atomic E-state index is 0.0979. The van der Waals surface area contributed by atoms with Crippen LogP contribution in [0.3, 0.4) is 0 Å². The molecule has 3 aliphatic rings. The lowest BCUT2D eigenvalue weighted by atomic mass is 9.79. The molecular weight excluding hydrogens is 340 g/mol. The van der Waals surface area contributed by atoms with Gasteiger partial charge in [-0.1, -0.05) is 0 Å². The topological polar surface area (TPSA) is 83.0 Å². The maximum atomic E-state index is 12.5. The summed E-state index contributed by atoms with van der Waals surface area (Å²) in [4.78, 5) is 28.6. The molecule has 27 heavy (non-hydrogen) atoms. The number of nitrogens with one attached hydrogen (secondary N) is 2. The first-order chi connectivity index (χ1) is 13.2. The molecule has 1 amide bonds. The van der Waals surface area contributed by atoms with E-state index < -0.39 is 0 Å². The van der Waals surface area contributed by atoms with Crippen LogP contribution in [0.2, 0.25) is 0 Å². The van der Waals surface area contributed by atoms with Crippen molar-refractivity contribution in [2.45, 2.75) is 25.7 Å². The summed E-state index contributed by atoms with van der Waals surface area (Å²) in [5, 5.41) is 6.45. The zero-order valence-electron chi connectivity index (χ0n) is 15.4. The van der Waals surface area contributed by atoms with Crippen molar-refractivity contribution >= 4 is 11.7 Å². The van der Waals surface area contributed by atoms with Crippen LogP contribution in [0.4, 0.5) is 5.82 Å². The van der Waals surface area contributed by atoms with E-state index in [4.69, 9.17) is 4.98 Å². The van der Waals surface area contributed by atoms with E-state index in [1.807, 2.05) is 12.1 Å². The smallest absolute Gasteiger partial charge is 0.270 e. The monoisotopic (exact) mass is 364 g/mol. The van der Waals surface area contributed by atoms with Gasteiger partial charge in [0, 0.05) is 55.1 Å². The lowest BCUT2D eigenvalue weighted by Gasteiger charge is -2.41. The Kier molecular flexibility index (Phi) is 4.04. The number of rotatable bonds is 2. The van der Waals surface area contributed by atoms with Crippen molar-refractivity contribution in [3.8, 4) is 11.4 Å². The van der Waals surface area contributed by atoms with Gasteiger partial charge in [-0.2, -0.15) is 0 Å². The Morgan fingerprint density at radius 1 is 1.19 bits per heavy atom. The lowest BCUT2D eigenvalue weighted by Crippen LogP contribution is -2.46. The first-order valence-corrected chi connectivity index (χ1v) is 9.79. The van der Waals surface area contributed by atoms with Crippen LogP contribution in [0, 0.1) is 5.41 Å². The third-order valence-electron chi connectivity index (χ3n) is 6.07. The van der Waals surface area contributed by atoms with Crippen molar-refractivity contribution in [1.29, 1.82) is 0 Å².